The van der Waals surface area contributed by atoms with Gasteiger partial charge in [-0.3, -0.25) is 19.7 Å². The maximum absolute atomic E-state index is 13.6. The molecule has 0 saturated heterocycles. The lowest BCUT2D eigenvalue weighted by atomic mass is 10.2. The van der Waals surface area contributed by atoms with E-state index in [1.165, 1.54) is 24.4 Å². The van der Waals surface area contributed by atoms with Crippen LogP contribution in [0.1, 0.15) is 5.56 Å². The number of nitro groups is 1. The Kier molecular flexibility index (Phi) is 7.37. The van der Waals surface area contributed by atoms with Crippen molar-refractivity contribution in [2.24, 2.45) is 5.10 Å². The highest BCUT2D eigenvalue weighted by Gasteiger charge is 2.17. The number of fused-ring (bicyclic) bond motifs is 2. The average molecular weight is 594 g/mol. The van der Waals surface area contributed by atoms with Gasteiger partial charge >= 0.3 is 0 Å². The number of para-hydroxylation sites is 2. The van der Waals surface area contributed by atoms with Crippen LogP contribution >= 0.6 is 11.6 Å². The van der Waals surface area contributed by atoms with E-state index in [1.54, 1.807) is 60.7 Å². The minimum absolute atomic E-state index is 0.131. The second-order valence-corrected chi connectivity index (χ2v) is 9.72. The highest BCUT2D eigenvalue weighted by molar-refractivity contribution is 6.30. The lowest BCUT2D eigenvalue weighted by molar-refractivity contribution is -0.384. The molecule has 0 atom stereocenters. The number of furan rings is 1. The fourth-order valence-electron chi connectivity index (χ4n) is 4.36. The lowest BCUT2D eigenvalue weighted by Gasteiger charge is -2.10. The average Bonchev–Trinajstić information content (AvgIpc) is 3.45. The van der Waals surface area contributed by atoms with E-state index < -0.39 is 23.0 Å². The molecule has 6 aromatic rings. The van der Waals surface area contributed by atoms with E-state index in [1.807, 2.05) is 18.2 Å². The predicted octanol–water partition coefficient (Wildman–Crippen LogP) is 6.27. The molecule has 0 spiro atoms. The number of aromatic nitrogens is 2. The molecule has 1 amide bonds. The van der Waals surface area contributed by atoms with Gasteiger partial charge in [-0.25, -0.2) is 4.98 Å². The summed E-state index contributed by atoms with van der Waals surface area (Å²) in [4.78, 5) is 41.7. The molecule has 0 bridgehead atoms. The largest absolute Gasteiger partial charge is 0.483 e. The molecule has 0 aliphatic rings. The fourth-order valence-corrected chi connectivity index (χ4v) is 4.48. The van der Waals surface area contributed by atoms with Gasteiger partial charge in [-0.05, 0) is 54.6 Å². The third-order valence-electron chi connectivity index (χ3n) is 6.40. The van der Waals surface area contributed by atoms with Gasteiger partial charge in [0, 0.05) is 33.8 Å². The van der Waals surface area contributed by atoms with Crippen molar-refractivity contribution < 1.29 is 18.9 Å². The summed E-state index contributed by atoms with van der Waals surface area (Å²) in [7, 11) is 0. The predicted molar refractivity (Wildman–Crippen MR) is 163 cm³/mol. The highest BCUT2D eigenvalue weighted by atomic mass is 35.5. The number of hydrogen-bond acceptors (Lipinski definition) is 8. The Morgan fingerprint density at radius 1 is 1.05 bits per heavy atom. The van der Waals surface area contributed by atoms with E-state index in [2.05, 4.69) is 15.4 Å². The number of nitro benzene ring substituents is 1. The number of carbonyl (C=O) groups excluding carboxylic acids is 1. The quantitative estimate of drug-likeness (QED) is 0.124. The standard InChI is InChI=1S/C31H20ClN5O6/c32-21-9-11-22(12-10-21)34-29(38)18-42-26-14-13-23(37(40)41)15-20(26)17-33-36-30(28-16-19-5-1-4-8-27(19)43-28)35-25-7-3-2-6-24(25)31(36)39/h1-17H,18H2,(H,34,38). The number of nitrogens with one attached hydrogen (secondary N) is 1. The van der Waals surface area contributed by atoms with E-state index in [0.29, 0.717) is 33.0 Å². The second-order valence-electron chi connectivity index (χ2n) is 9.29. The molecule has 6 rings (SSSR count). The summed E-state index contributed by atoms with van der Waals surface area (Å²) in [6.07, 6.45) is 1.24. The Labute approximate surface area is 247 Å². The Balaban J connectivity index is 1.37. The van der Waals surface area contributed by atoms with Crippen LogP contribution in [0.5, 0.6) is 5.75 Å². The van der Waals surface area contributed by atoms with Crippen LogP contribution in [0.2, 0.25) is 5.02 Å². The summed E-state index contributed by atoms with van der Waals surface area (Å²) in [6.45, 7) is -0.400. The van der Waals surface area contributed by atoms with Gasteiger partial charge in [-0.15, -0.1) is 0 Å². The Morgan fingerprint density at radius 2 is 1.81 bits per heavy atom. The van der Waals surface area contributed by atoms with Crippen LogP contribution in [0.3, 0.4) is 0 Å². The maximum Gasteiger partial charge on any atom is 0.282 e. The molecule has 2 heterocycles. The van der Waals surface area contributed by atoms with E-state index in [-0.39, 0.29) is 22.8 Å². The second kappa shape index (κ2) is 11.6. The Hall–Kier alpha value is -5.81. The number of amides is 1. The van der Waals surface area contributed by atoms with Crippen molar-refractivity contribution in [2.75, 3.05) is 11.9 Å². The number of hydrogen-bond donors (Lipinski definition) is 1. The molecule has 43 heavy (non-hydrogen) atoms. The molecule has 212 valence electrons. The van der Waals surface area contributed by atoms with Crippen molar-refractivity contribution in [3.63, 3.8) is 0 Å². The van der Waals surface area contributed by atoms with E-state index in [0.717, 1.165) is 10.1 Å². The zero-order valence-corrected chi connectivity index (χ0v) is 22.9. The Morgan fingerprint density at radius 3 is 2.60 bits per heavy atom. The molecular weight excluding hydrogens is 574 g/mol. The lowest BCUT2D eigenvalue weighted by Crippen LogP contribution is -2.21. The van der Waals surface area contributed by atoms with Crippen LogP contribution in [0.4, 0.5) is 11.4 Å². The monoisotopic (exact) mass is 593 g/mol. The normalized spacial score (nSPS) is 11.3. The SMILES string of the molecule is O=C(COc1ccc([N+](=O)[O-])cc1C=Nn1c(-c2cc3ccccc3o2)nc2ccccc2c1=O)Nc1ccc(Cl)cc1. The molecule has 0 aliphatic heterocycles. The summed E-state index contributed by atoms with van der Waals surface area (Å²) in [6, 6.07) is 26.3. The number of non-ortho nitro benzene ring substituents is 1. The van der Waals surface area contributed by atoms with Gasteiger partial charge < -0.3 is 14.5 Å². The van der Waals surface area contributed by atoms with Gasteiger partial charge in [0.15, 0.2) is 12.4 Å². The van der Waals surface area contributed by atoms with Crippen LogP contribution < -0.4 is 15.6 Å². The first-order valence-electron chi connectivity index (χ1n) is 12.9. The highest BCUT2D eigenvalue weighted by Crippen LogP contribution is 2.28. The van der Waals surface area contributed by atoms with Gasteiger partial charge in [-0.1, -0.05) is 41.9 Å². The molecule has 0 saturated carbocycles. The number of rotatable bonds is 8. The third kappa shape index (κ3) is 5.83. The molecular formula is C31H20ClN5O6. The fraction of sp³-hybridized carbons (Fsp3) is 0.0323. The van der Waals surface area contributed by atoms with Crippen molar-refractivity contribution >= 4 is 57.0 Å². The van der Waals surface area contributed by atoms with Crippen LogP contribution in [-0.2, 0) is 4.79 Å². The molecule has 0 aliphatic carbocycles. The summed E-state index contributed by atoms with van der Waals surface area (Å²) in [5.41, 5.74) is 1.00. The smallest absolute Gasteiger partial charge is 0.282 e. The summed E-state index contributed by atoms with van der Waals surface area (Å²) >= 11 is 5.89. The van der Waals surface area contributed by atoms with Crippen LogP contribution in [-0.4, -0.2) is 33.3 Å². The van der Waals surface area contributed by atoms with Gasteiger partial charge in [-0.2, -0.15) is 9.78 Å². The molecule has 0 unspecified atom stereocenters. The van der Waals surface area contributed by atoms with Crippen molar-refractivity contribution in [3.05, 3.63) is 128 Å². The van der Waals surface area contributed by atoms with E-state index in [4.69, 9.17) is 20.8 Å². The van der Waals surface area contributed by atoms with Crippen molar-refractivity contribution in [3.8, 4) is 17.3 Å². The van der Waals surface area contributed by atoms with Crippen LogP contribution in [0.15, 0.2) is 111 Å². The van der Waals surface area contributed by atoms with Crippen molar-refractivity contribution in [2.45, 2.75) is 0 Å². The van der Waals surface area contributed by atoms with Gasteiger partial charge in [0.1, 0.15) is 11.3 Å². The zero-order valence-electron chi connectivity index (χ0n) is 22.1. The first-order valence-corrected chi connectivity index (χ1v) is 13.3. The molecule has 2 aromatic heterocycles. The Bertz CT molecular complexity index is 2070. The topological polar surface area (TPSA) is 142 Å². The minimum atomic E-state index is -0.571. The maximum atomic E-state index is 13.6. The number of ether oxygens (including phenoxy) is 1. The first kappa shape index (κ1) is 27.4. The minimum Gasteiger partial charge on any atom is -0.483 e. The van der Waals surface area contributed by atoms with Crippen LogP contribution in [0, 0.1) is 10.1 Å². The number of carbonyl (C=O) groups is 1. The molecule has 12 heteroatoms. The summed E-state index contributed by atoms with van der Waals surface area (Å²) < 4.78 is 12.7. The molecule has 0 radical (unpaired) electrons. The molecule has 1 N–H and O–H groups in total. The number of benzene rings is 4. The number of anilines is 1. The van der Waals surface area contributed by atoms with Crippen molar-refractivity contribution in [1.82, 2.24) is 9.66 Å². The summed E-state index contributed by atoms with van der Waals surface area (Å²) in [5.74, 6) is 0.0976. The molecule has 11 nitrogen and oxygen atoms in total. The van der Waals surface area contributed by atoms with Gasteiger partial charge in [0.25, 0.3) is 17.2 Å². The van der Waals surface area contributed by atoms with Gasteiger partial charge in [0.2, 0.25) is 5.82 Å². The van der Waals surface area contributed by atoms with E-state index in [9.17, 15) is 19.7 Å². The molecule has 4 aromatic carbocycles. The number of nitrogens with zero attached hydrogens (tertiary/aromatic N) is 4. The number of halogens is 1. The zero-order chi connectivity index (χ0) is 29.9. The third-order valence-corrected chi connectivity index (χ3v) is 6.65. The van der Waals surface area contributed by atoms with Crippen LogP contribution in [0.25, 0.3) is 33.5 Å². The van der Waals surface area contributed by atoms with Crippen molar-refractivity contribution in [1.29, 1.82) is 0 Å². The van der Waals surface area contributed by atoms with E-state index >= 15 is 0 Å². The first-order chi connectivity index (χ1) is 20.9. The summed E-state index contributed by atoms with van der Waals surface area (Å²) in [5, 5.41) is 20.2. The molecule has 0 fully saturated rings. The van der Waals surface area contributed by atoms with Gasteiger partial charge in [0.05, 0.1) is 22.0 Å².